The molecule has 3 rings (SSSR count). The molecule has 0 fully saturated rings. The number of pyridine rings is 1. The maximum atomic E-state index is 13.3. The average molecular weight is 517 g/mol. The van der Waals surface area contributed by atoms with E-state index in [4.69, 9.17) is 15.2 Å². The lowest BCUT2D eigenvalue weighted by atomic mass is 10.2. The first-order valence-corrected chi connectivity index (χ1v) is 12.2. The Morgan fingerprint density at radius 2 is 1.56 bits per heavy atom. The average Bonchev–Trinajstić information content (AvgIpc) is 3.11. The minimum atomic E-state index is -4.36. The summed E-state index contributed by atoms with van der Waals surface area (Å²) in [6, 6.07) is 7.91. The fraction of sp³-hybridized carbons (Fsp3) is 0.217. The molecule has 190 valence electrons. The van der Waals surface area contributed by atoms with Gasteiger partial charge in [0.15, 0.2) is 5.69 Å². The van der Waals surface area contributed by atoms with Gasteiger partial charge in [-0.15, -0.1) is 0 Å². The summed E-state index contributed by atoms with van der Waals surface area (Å²) in [5.74, 6) is -3.00. The third-order valence-electron chi connectivity index (χ3n) is 4.89. The second-order valence-corrected chi connectivity index (χ2v) is 9.07. The molecule has 0 unspecified atom stereocenters. The molecular weight excluding hydrogens is 492 g/mol. The molecule has 1 aromatic carbocycles. The second-order valence-electron chi connectivity index (χ2n) is 7.39. The number of nitrogens with one attached hydrogen (secondary N) is 2. The zero-order valence-corrected chi connectivity index (χ0v) is 20.5. The molecule has 0 aliphatic carbocycles. The lowest BCUT2D eigenvalue weighted by molar-refractivity contribution is -0.114. The van der Waals surface area contributed by atoms with Gasteiger partial charge in [-0.05, 0) is 50.2 Å². The first-order chi connectivity index (χ1) is 17.0. The molecule has 0 aliphatic heterocycles. The predicted octanol–water partition coefficient (Wildman–Crippen LogP) is 2.15. The number of rotatable bonds is 9. The van der Waals surface area contributed by atoms with Gasteiger partial charge in [-0.3, -0.25) is 14.3 Å². The molecule has 0 radical (unpaired) electrons. The van der Waals surface area contributed by atoms with E-state index in [9.17, 15) is 27.6 Å². The number of amides is 2. The third-order valence-corrected chi connectivity index (χ3v) is 6.25. The summed E-state index contributed by atoms with van der Waals surface area (Å²) in [7, 11) is -4.36. The monoisotopic (exact) mass is 516 g/mol. The van der Waals surface area contributed by atoms with Crippen LogP contribution in [0.25, 0.3) is 5.52 Å². The fourth-order valence-corrected chi connectivity index (χ4v) is 4.50. The number of benzene rings is 1. The number of sulfonamides is 1. The van der Waals surface area contributed by atoms with Crippen LogP contribution in [0.2, 0.25) is 0 Å². The van der Waals surface area contributed by atoms with Crippen LogP contribution in [0.1, 0.15) is 52.0 Å². The number of fused-ring (bicyclic) bond motifs is 1. The number of nitrogens with zero attached hydrogens (tertiary/aromatic N) is 1. The van der Waals surface area contributed by atoms with Crippen molar-refractivity contribution in [3.05, 3.63) is 59.4 Å². The third kappa shape index (κ3) is 5.30. The van der Waals surface area contributed by atoms with Gasteiger partial charge in [0.1, 0.15) is 5.56 Å². The number of hydrogen-bond acceptors (Lipinski definition) is 8. The molecule has 4 N–H and O–H groups in total. The van der Waals surface area contributed by atoms with Crippen LogP contribution in [0.5, 0.6) is 0 Å². The van der Waals surface area contributed by atoms with Gasteiger partial charge in [-0.25, -0.2) is 18.0 Å². The van der Waals surface area contributed by atoms with E-state index in [1.54, 1.807) is 13.8 Å². The summed E-state index contributed by atoms with van der Waals surface area (Å²) in [5, 5.41) is 2.52. The lowest BCUT2D eigenvalue weighted by Gasteiger charge is -2.12. The molecule has 0 saturated heterocycles. The van der Waals surface area contributed by atoms with Crippen molar-refractivity contribution < 1.29 is 37.1 Å². The Labute approximate surface area is 206 Å². The molecule has 0 bridgehead atoms. The van der Waals surface area contributed by atoms with Crippen LogP contribution >= 0.6 is 0 Å². The molecule has 0 spiro atoms. The first-order valence-electron chi connectivity index (χ1n) is 10.7. The van der Waals surface area contributed by atoms with E-state index >= 15 is 0 Å². The minimum Gasteiger partial charge on any atom is -0.462 e. The molecule has 12 nitrogen and oxygen atoms in total. The van der Waals surface area contributed by atoms with E-state index in [1.807, 2.05) is 0 Å². The number of hydrogen-bond donors (Lipinski definition) is 3. The van der Waals surface area contributed by atoms with Crippen molar-refractivity contribution in [1.82, 2.24) is 4.40 Å². The van der Waals surface area contributed by atoms with Gasteiger partial charge in [-0.1, -0.05) is 0 Å². The Bertz CT molecular complexity index is 1460. The van der Waals surface area contributed by atoms with Crippen LogP contribution in [-0.4, -0.2) is 49.8 Å². The van der Waals surface area contributed by atoms with Crippen molar-refractivity contribution in [3.8, 4) is 0 Å². The van der Waals surface area contributed by atoms with Crippen LogP contribution in [0.3, 0.4) is 0 Å². The number of aromatic nitrogens is 1. The molecule has 2 heterocycles. The molecule has 2 aromatic heterocycles. The SMILES string of the molecule is CCOC(=O)c1c(NS(=O)(=O)c2ccc(NC(C)=O)cc2)c(C(=O)OCC)n2cc(C(N)=O)ccc12. The van der Waals surface area contributed by atoms with Crippen molar-refractivity contribution in [2.75, 3.05) is 23.3 Å². The largest absolute Gasteiger partial charge is 0.462 e. The lowest BCUT2D eigenvalue weighted by Crippen LogP contribution is -2.19. The van der Waals surface area contributed by atoms with Crippen molar-refractivity contribution in [1.29, 1.82) is 0 Å². The highest BCUT2D eigenvalue weighted by atomic mass is 32.2. The van der Waals surface area contributed by atoms with Crippen LogP contribution in [0, 0.1) is 0 Å². The smallest absolute Gasteiger partial charge is 0.357 e. The van der Waals surface area contributed by atoms with E-state index in [0.717, 1.165) is 4.40 Å². The number of ether oxygens (including phenoxy) is 2. The first kappa shape index (κ1) is 26.2. The molecular formula is C23H24N4O8S. The highest BCUT2D eigenvalue weighted by molar-refractivity contribution is 7.92. The number of nitrogens with two attached hydrogens (primary N) is 1. The van der Waals surface area contributed by atoms with E-state index in [2.05, 4.69) is 10.0 Å². The zero-order valence-electron chi connectivity index (χ0n) is 19.7. The van der Waals surface area contributed by atoms with Gasteiger partial charge in [0, 0.05) is 18.8 Å². The highest BCUT2D eigenvalue weighted by Gasteiger charge is 2.32. The molecule has 2 amide bonds. The van der Waals surface area contributed by atoms with E-state index in [1.165, 1.54) is 49.5 Å². The quantitative estimate of drug-likeness (QED) is 0.362. The van der Waals surface area contributed by atoms with E-state index in [0.29, 0.717) is 5.69 Å². The van der Waals surface area contributed by atoms with Crippen molar-refractivity contribution in [2.45, 2.75) is 25.7 Å². The molecule has 0 saturated carbocycles. The van der Waals surface area contributed by atoms with Crippen molar-refractivity contribution in [2.24, 2.45) is 5.73 Å². The zero-order chi connectivity index (χ0) is 26.6. The molecule has 36 heavy (non-hydrogen) atoms. The summed E-state index contributed by atoms with van der Waals surface area (Å²) in [6.45, 7) is 4.35. The van der Waals surface area contributed by atoms with Crippen LogP contribution < -0.4 is 15.8 Å². The van der Waals surface area contributed by atoms with Crippen LogP contribution in [0.15, 0.2) is 47.5 Å². The van der Waals surface area contributed by atoms with Gasteiger partial charge in [-0.2, -0.15) is 0 Å². The topological polar surface area (TPSA) is 175 Å². The van der Waals surface area contributed by atoms with E-state index in [-0.39, 0.29) is 52.0 Å². The van der Waals surface area contributed by atoms with Gasteiger partial charge < -0.3 is 24.9 Å². The molecule has 3 aromatic rings. The number of carbonyl (C=O) groups is 4. The summed E-state index contributed by atoms with van der Waals surface area (Å²) in [6.07, 6.45) is 1.20. The van der Waals surface area contributed by atoms with Crippen molar-refractivity contribution >= 4 is 50.7 Å². The Morgan fingerprint density at radius 3 is 2.11 bits per heavy atom. The second kappa shape index (κ2) is 10.5. The summed E-state index contributed by atoms with van der Waals surface area (Å²) < 4.78 is 40.2. The highest BCUT2D eigenvalue weighted by Crippen LogP contribution is 2.33. The fourth-order valence-electron chi connectivity index (χ4n) is 3.43. The molecule has 13 heteroatoms. The predicted molar refractivity (Wildman–Crippen MR) is 129 cm³/mol. The Kier molecular flexibility index (Phi) is 7.63. The standard InChI is InChI=1S/C23H24N4O8S/c1-4-34-22(30)18-17-11-6-14(21(24)29)12-27(17)20(23(31)35-5-2)19(18)26-36(32,33)16-9-7-15(8-10-16)25-13(3)28/h6-12,26H,4-5H2,1-3H3,(H2,24,29)(H,25,28). The molecule has 0 atom stereocenters. The molecule has 0 aliphatic rings. The maximum Gasteiger partial charge on any atom is 0.357 e. The summed E-state index contributed by atoms with van der Waals surface area (Å²) in [4.78, 5) is 48.6. The van der Waals surface area contributed by atoms with Gasteiger partial charge >= 0.3 is 11.9 Å². The number of carbonyl (C=O) groups excluding carboxylic acids is 4. The number of esters is 2. The Balaban J connectivity index is 2.25. The normalized spacial score (nSPS) is 11.1. The van der Waals surface area contributed by atoms with Crippen LogP contribution in [0.4, 0.5) is 11.4 Å². The summed E-state index contributed by atoms with van der Waals surface area (Å²) in [5.41, 5.74) is 4.82. The van der Waals surface area contributed by atoms with Crippen LogP contribution in [-0.2, 0) is 24.3 Å². The van der Waals surface area contributed by atoms with Gasteiger partial charge in [0.2, 0.25) is 11.8 Å². The maximum absolute atomic E-state index is 13.3. The Morgan fingerprint density at radius 1 is 0.944 bits per heavy atom. The Hall–Kier alpha value is -4.39. The van der Waals surface area contributed by atoms with Gasteiger partial charge in [0.25, 0.3) is 10.0 Å². The van der Waals surface area contributed by atoms with Crippen molar-refractivity contribution in [3.63, 3.8) is 0 Å². The van der Waals surface area contributed by atoms with E-state index < -0.39 is 27.9 Å². The summed E-state index contributed by atoms with van der Waals surface area (Å²) >= 11 is 0. The van der Waals surface area contributed by atoms with Gasteiger partial charge in [0.05, 0.1) is 34.9 Å². The minimum absolute atomic E-state index is 0.00132. The number of primary amides is 1. The number of anilines is 2.